The van der Waals surface area contributed by atoms with Gasteiger partial charge in [0.25, 0.3) is 5.91 Å². The number of hydrogen-bond donors (Lipinski definition) is 3. The summed E-state index contributed by atoms with van der Waals surface area (Å²) in [5.41, 5.74) is 6.25. The Morgan fingerprint density at radius 2 is 2.00 bits per heavy atom. The maximum Gasteiger partial charge on any atom is 0.254 e. The fourth-order valence-electron chi connectivity index (χ4n) is 3.22. The number of nitrogens with zero attached hydrogens (tertiary/aromatic N) is 1. The van der Waals surface area contributed by atoms with Gasteiger partial charge in [-0.05, 0) is 50.4 Å². The summed E-state index contributed by atoms with van der Waals surface area (Å²) in [6.07, 6.45) is 4.33. The van der Waals surface area contributed by atoms with Crippen LogP contribution in [0.15, 0.2) is 18.2 Å². The van der Waals surface area contributed by atoms with Crippen LogP contribution in [-0.4, -0.2) is 40.2 Å². The summed E-state index contributed by atoms with van der Waals surface area (Å²) < 4.78 is 0. The summed E-state index contributed by atoms with van der Waals surface area (Å²) in [7, 11) is 0. The second-order valence-corrected chi connectivity index (χ2v) is 5.64. The minimum atomic E-state index is -0.268. The Balaban J connectivity index is 2.22. The molecule has 0 radical (unpaired) electrons. The van der Waals surface area contributed by atoms with Crippen LogP contribution in [0.1, 0.15) is 43.0 Å². The van der Waals surface area contributed by atoms with E-state index in [0.29, 0.717) is 24.6 Å². The van der Waals surface area contributed by atoms with Gasteiger partial charge in [-0.2, -0.15) is 0 Å². The number of carbonyl (C=O) groups excluding carboxylic acids is 1. The lowest BCUT2D eigenvalue weighted by molar-refractivity contribution is 0.0559. The predicted octanol–water partition coefficient (Wildman–Crippen LogP) is 2.08. The highest BCUT2D eigenvalue weighted by Gasteiger charge is 2.31. The molecular weight excluding hydrogens is 268 g/mol. The number of carbonyl (C=O) groups is 1. The van der Waals surface area contributed by atoms with Crippen molar-refractivity contribution in [2.75, 3.05) is 13.1 Å². The fourth-order valence-corrected chi connectivity index (χ4v) is 3.22. The van der Waals surface area contributed by atoms with Gasteiger partial charge in [-0.25, -0.2) is 0 Å². The fraction of sp³-hybridized carbons (Fsp3) is 0.562. The first-order valence-electron chi connectivity index (χ1n) is 7.61. The van der Waals surface area contributed by atoms with Crippen molar-refractivity contribution in [2.24, 2.45) is 11.7 Å². The molecule has 1 aromatic carbocycles. The van der Waals surface area contributed by atoms with Crippen molar-refractivity contribution in [3.63, 3.8) is 0 Å². The van der Waals surface area contributed by atoms with Crippen LogP contribution in [0.2, 0.25) is 0 Å². The van der Waals surface area contributed by atoms with E-state index in [2.05, 4.69) is 0 Å². The smallest absolute Gasteiger partial charge is 0.254 e. The molecule has 1 saturated carbocycles. The largest absolute Gasteiger partial charge is 0.504 e. The SMILES string of the molecule is CCN(C(=O)c1ccc(O)c(O)c1)C1CCCCC1CN. The maximum atomic E-state index is 12.7. The first kappa shape index (κ1) is 15.6. The Morgan fingerprint density at radius 3 is 2.62 bits per heavy atom. The van der Waals surface area contributed by atoms with E-state index < -0.39 is 0 Å². The van der Waals surface area contributed by atoms with Crippen LogP contribution in [0, 0.1) is 5.92 Å². The van der Waals surface area contributed by atoms with Crippen LogP contribution in [0.5, 0.6) is 11.5 Å². The average molecular weight is 292 g/mol. The molecule has 0 aliphatic heterocycles. The molecular formula is C16H24N2O3. The molecule has 0 spiro atoms. The molecule has 2 atom stereocenters. The Bertz CT molecular complexity index is 504. The molecule has 5 nitrogen and oxygen atoms in total. The van der Waals surface area contributed by atoms with E-state index in [1.165, 1.54) is 18.6 Å². The number of phenolic OH excluding ortho intramolecular Hbond substituents is 2. The summed E-state index contributed by atoms with van der Waals surface area (Å²) in [6.45, 7) is 3.16. The molecule has 116 valence electrons. The molecule has 0 heterocycles. The number of amides is 1. The van der Waals surface area contributed by atoms with Crippen molar-refractivity contribution in [3.8, 4) is 11.5 Å². The molecule has 1 aliphatic carbocycles. The van der Waals surface area contributed by atoms with E-state index in [0.717, 1.165) is 19.3 Å². The topological polar surface area (TPSA) is 86.8 Å². The second-order valence-electron chi connectivity index (χ2n) is 5.64. The third-order valence-corrected chi connectivity index (χ3v) is 4.40. The lowest BCUT2D eigenvalue weighted by Crippen LogP contribution is -2.48. The van der Waals surface area contributed by atoms with E-state index in [9.17, 15) is 15.0 Å². The minimum absolute atomic E-state index is 0.113. The van der Waals surface area contributed by atoms with Gasteiger partial charge in [0.2, 0.25) is 0 Å². The van der Waals surface area contributed by atoms with E-state index >= 15 is 0 Å². The monoisotopic (exact) mass is 292 g/mol. The Labute approximate surface area is 125 Å². The van der Waals surface area contributed by atoms with Crippen molar-refractivity contribution in [2.45, 2.75) is 38.6 Å². The Kier molecular flexibility index (Phi) is 5.07. The number of phenols is 2. The molecule has 5 heteroatoms. The van der Waals surface area contributed by atoms with Gasteiger partial charge in [0.1, 0.15) is 0 Å². The summed E-state index contributed by atoms with van der Waals surface area (Å²) in [6, 6.07) is 4.37. The Morgan fingerprint density at radius 1 is 1.29 bits per heavy atom. The lowest BCUT2D eigenvalue weighted by Gasteiger charge is -2.39. The number of rotatable bonds is 4. The molecule has 1 aromatic rings. The van der Waals surface area contributed by atoms with Gasteiger partial charge in [0, 0.05) is 18.2 Å². The molecule has 4 N–H and O–H groups in total. The quantitative estimate of drug-likeness (QED) is 0.741. The highest BCUT2D eigenvalue weighted by atomic mass is 16.3. The summed E-state index contributed by atoms with van der Waals surface area (Å²) in [5, 5.41) is 18.9. The molecule has 1 aliphatic rings. The highest BCUT2D eigenvalue weighted by molar-refractivity contribution is 5.95. The minimum Gasteiger partial charge on any atom is -0.504 e. The van der Waals surface area contributed by atoms with Crippen LogP contribution >= 0.6 is 0 Å². The van der Waals surface area contributed by atoms with E-state index in [1.807, 2.05) is 11.8 Å². The van der Waals surface area contributed by atoms with Gasteiger partial charge in [-0.3, -0.25) is 4.79 Å². The van der Waals surface area contributed by atoms with Crippen LogP contribution < -0.4 is 5.73 Å². The zero-order chi connectivity index (χ0) is 15.4. The van der Waals surface area contributed by atoms with Crippen molar-refractivity contribution in [1.82, 2.24) is 4.90 Å². The van der Waals surface area contributed by atoms with Crippen molar-refractivity contribution < 1.29 is 15.0 Å². The van der Waals surface area contributed by atoms with Crippen LogP contribution in [0.3, 0.4) is 0 Å². The van der Waals surface area contributed by atoms with Gasteiger partial charge in [-0.1, -0.05) is 12.8 Å². The first-order valence-corrected chi connectivity index (χ1v) is 7.61. The molecule has 0 saturated heterocycles. The van der Waals surface area contributed by atoms with Gasteiger partial charge >= 0.3 is 0 Å². The van der Waals surface area contributed by atoms with E-state index in [1.54, 1.807) is 6.07 Å². The Hall–Kier alpha value is -1.75. The summed E-state index contributed by atoms with van der Waals surface area (Å²) >= 11 is 0. The molecule has 2 rings (SSSR count). The zero-order valence-electron chi connectivity index (χ0n) is 12.5. The zero-order valence-corrected chi connectivity index (χ0v) is 12.5. The second kappa shape index (κ2) is 6.80. The van der Waals surface area contributed by atoms with Crippen molar-refractivity contribution >= 4 is 5.91 Å². The molecule has 0 bridgehead atoms. The van der Waals surface area contributed by atoms with E-state index in [-0.39, 0.29) is 23.4 Å². The standard InChI is InChI=1S/C16H24N2O3/c1-2-18(13-6-4-3-5-12(13)10-17)16(21)11-7-8-14(19)15(20)9-11/h7-9,12-13,19-20H,2-6,10,17H2,1H3. The number of hydrogen-bond acceptors (Lipinski definition) is 4. The molecule has 2 unspecified atom stereocenters. The molecule has 1 amide bonds. The van der Waals surface area contributed by atoms with Crippen molar-refractivity contribution in [1.29, 1.82) is 0 Å². The number of benzene rings is 1. The van der Waals surface area contributed by atoms with Gasteiger partial charge in [0.05, 0.1) is 0 Å². The third kappa shape index (κ3) is 3.29. The van der Waals surface area contributed by atoms with Crippen molar-refractivity contribution in [3.05, 3.63) is 23.8 Å². The first-order chi connectivity index (χ1) is 10.1. The van der Waals surface area contributed by atoms with Crippen LogP contribution in [0.4, 0.5) is 0 Å². The average Bonchev–Trinajstić information content (AvgIpc) is 2.51. The summed E-state index contributed by atoms with van der Waals surface area (Å²) in [4.78, 5) is 14.5. The molecule has 1 fully saturated rings. The normalized spacial score (nSPS) is 22.0. The molecule has 0 aromatic heterocycles. The van der Waals surface area contributed by atoms with E-state index in [4.69, 9.17) is 5.73 Å². The van der Waals surface area contributed by atoms with Crippen LogP contribution in [0.25, 0.3) is 0 Å². The van der Waals surface area contributed by atoms with Gasteiger partial charge in [0.15, 0.2) is 11.5 Å². The lowest BCUT2D eigenvalue weighted by atomic mass is 9.83. The molecule has 21 heavy (non-hydrogen) atoms. The summed E-state index contributed by atoms with van der Waals surface area (Å²) in [5.74, 6) is -0.255. The number of aromatic hydroxyl groups is 2. The predicted molar refractivity (Wildman–Crippen MR) is 81.3 cm³/mol. The maximum absolute atomic E-state index is 12.7. The highest BCUT2D eigenvalue weighted by Crippen LogP contribution is 2.30. The third-order valence-electron chi connectivity index (χ3n) is 4.40. The number of nitrogens with two attached hydrogens (primary N) is 1. The van der Waals surface area contributed by atoms with Crippen LogP contribution in [-0.2, 0) is 0 Å². The van der Waals surface area contributed by atoms with Gasteiger partial charge in [-0.15, -0.1) is 0 Å². The van der Waals surface area contributed by atoms with Gasteiger partial charge < -0.3 is 20.8 Å².